The van der Waals surface area contributed by atoms with Crippen LogP contribution in [0.1, 0.15) is 13.3 Å². The van der Waals surface area contributed by atoms with Crippen LogP contribution in [0, 0.1) is 0 Å². The molecule has 0 atom stereocenters. The maximum Gasteiger partial charge on any atom is 0.264 e. The number of rotatable bonds is 5. The Morgan fingerprint density at radius 1 is 1.38 bits per heavy atom. The van der Waals surface area contributed by atoms with Crippen LogP contribution in [0.15, 0.2) is 41.6 Å². The highest BCUT2D eigenvalue weighted by molar-refractivity contribution is 6.30. The Balaban J connectivity index is 1.97. The number of nitrogens with one attached hydrogen (secondary N) is 1. The van der Waals surface area contributed by atoms with Crippen LogP contribution in [-0.2, 0) is 11.3 Å². The zero-order valence-corrected chi connectivity index (χ0v) is 13.8. The highest BCUT2D eigenvalue weighted by Crippen LogP contribution is 2.17. The van der Waals surface area contributed by atoms with Gasteiger partial charge >= 0.3 is 0 Å². The third kappa shape index (κ3) is 3.16. The molecule has 0 radical (unpaired) electrons. The van der Waals surface area contributed by atoms with E-state index in [9.17, 15) is 9.59 Å². The second kappa shape index (κ2) is 6.84. The fraction of sp³-hybridized carbons (Fsp3) is 0.250. The minimum atomic E-state index is -0.306. The normalized spacial score (nSPS) is 10.9. The number of aromatic nitrogens is 4. The van der Waals surface area contributed by atoms with Crippen molar-refractivity contribution in [3.63, 3.8) is 0 Å². The van der Waals surface area contributed by atoms with Crippen LogP contribution in [0.25, 0.3) is 16.7 Å². The van der Waals surface area contributed by atoms with Crippen LogP contribution in [-0.4, -0.2) is 31.8 Å². The largest absolute Gasteiger partial charge is 0.355 e. The van der Waals surface area contributed by atoms with Crippen molar-refractivity contribution in [3.05, 3.63) is 52.2 Å². The highest BCUT2D eigenvalue weighted by atomic mass is 35.5. The first-order valence-corrected chi connectivity index (χ1v) is 7.93. The average Bonchev–Trinajstić information content (AvgIpc) is 3.00. The molecule has 0 unspecified atom stereocenters. The predicted molar refractivity (Wildman–Crippen MR) is 91.4 cm³/mol. The summed E-state index contributed by atoms with van der Waals surface area (Å²) in [5, 5.41) is 7.87. The van der Waals surface area contributed by atoms with Crippen LogP contribution in [0.3, 0.4) is 0 Å². The summed E-state index contributed by atoms with van der Waals surface area (Å²) in [4.78, 5) is 28.6. The zero-order valence-electron chi connectivity index (χ0n) is 13.1. The summed E-state index contributed by atoms with van der Waals surface area (Å²) < 4.78 is 2.82. The quantitative estimate of drug-likeness (QED) is 0.764. The summed E-state index contributed by atoms with van der Waals surface area (Å²) in [6, 6.07) is 7.11. The molecule has 8 heteroatoms. The molecular weight excluding hydrogens is 330 g/mol. The van der Waals surface area contributed by atoms with Gasteiger partial charge in [-0.05, 0) is 24.6 Å². The number of benzene rings is 1. The minimum absolute atomic E-state index is 0.0654. The molecule has 0 aliphatic carbocycles. The molecule has 24 heavy (non-hydrogen) atoms. The second-order valence-corrected chi connectivity index (χ2v) is 5.74. The topological polar surface area (TPSA) is 81.8 Å². The first-order chi connectivity index (χ1) is 11.6. The molecule has 0 saturated heterocycles. The smallest absolute Gasteiger partial charge is 0.264 e. The van der Waals surface area contributed by atoms with E-state index in [4.69, 9.17) is 11.6 Å². The molecule has 0 saturated carbocycles. The molecule has 7 nitrogen and oxygen atoms in total. The van der Waals surface area contributed by atoms with Gasteiger partial charge in [0.25, 0.3) is 5.56 Å². The molecule has 3 aromatic rings. The molecule has 0 bridgehead atoms. The molecule has 3 rings (SSSR count). The van der Waals surface area contributed by atoms with Gasteiger partial charge in [0, 0.05) is 11.6 Å². The fourth-order valence-electron chi connectivity index (χ4n) is 2.33. The summed E-state index contributed by atoms with van der Waals surface area (Å²) in [7, 11) is 0. The standard InChI is InChI=1S/C16H16ClN5O2/c1-2-6-18-14(23)9-21-10-19-15-13(16(21)24)8-20-22(15)12-5-3-4-11(17)7-12/h3-5,7-8,10H,2,6,9H2,1H3,(H,18,23). The summed E-state index contributed by atoms with van der Waals surface area (Å²) >= 11 is 6.00. The summed E-state index contributed by atoms with van der Waals surface area (Å²) in [5.74, 6) is -0.220. The number of fused-ring (bicyclic) bond motifs is 1. The zero-order chi connectivity index (χ0) is 17.1. The van der Waals surface area contributed by atoms with Crippen LogP contribution < -0.4 is 10.9 Å². The Bertz CT molecular complexity index is 947. The van der Waals surface area contributed by atoms with Crippen LogP contribution >= 0.6 is 11.6 Å². The van der Waals surface area contributed by atoms with E-state index in [1.807, 2.05) is 13.0 Å². The maximum absolute atomic E-state index is 12.5. The van der Waals surface area contributed by atoms with Gasteiger partial charge in [-0.2, -0.15) is 5.10 Å². The summed E-state index contributed by atoms with van der Waals surface area (Å²) in [5.41, 5.74) is 0.829. The van der Waals surface area contributed by atoms with Gasteiger partial charge in [0.05, 0.1) is 11.9 Å². The van der Waals surface area contributed by atoms with Gasteiger partial charge in [0.15, 0.2) is 5.65 Å². The molecule has 124 valence electrons. The van der Waals surface area contributed by atoms with E-state index in [0.29, 0.717) is 28.3 Å². The molecule has 0 spiro atoms. The van der Waals surface area contributed by atoms with Gasteiger partial charge in [0.1, 0.15) is 18.3 Å². The number of nitrogens with zero attached hydrogens (tertiary/aromatic N) is 4. The monoisotopic (exact) mass is 345 g/mol. The Morgan fingerprint density at radius 3 is 2.96 bits per heavy atom. The molecule has 2 heterocycles. The molecule has 1 aromatic carbocycles. The van der Waals surface area contributed by atoms with Gasteiger partial charge < -0.3 is 5.32 Å². The third-order valence-electron chi connectivity index (χ3n) is 3.49. The van der Waals surface area contributed by atoms with Crippen molar-refractivity contribution in [3.8, 4) is 5.69 Å². The van der Waals surface area contributed by atoms with Gasteiger partial charge in [-0.15, -0.1) is 0 Å². The van der Waals surface area contributed by atoms with Crippen molar-refractivity contribution in [2.24, 2.45) is 0 Å². The lowest BCUT2D eigenvalue weighted by Gasteiger charge is -2.07. The number of halogens is 1. The van der Waals surface area contributed by atoms with Gasteiger partial charge in [-0.3, -0.25) is 14.2 Å². The predicted octanol–water partition coefficient (Wildman–Crippen LogP) is 1.76. The van der Waals surface area contributed by atoms with Gasteiger partial charge in [0.2, 0.25) is 5.91 Å². The van der Waals surface area contributed by atoms with Crippen LogP contribution in [0.5, 0.6) is 0 Å². The Hall–Kier alpha value is -2.67. The molecular formula is C16H16ClN5O2. The van der Waals surface area contributed by atoms with Crippen molar-refractivity contribution in [2.75, 3.05) is 6.54 Å². The van der Waals surface area contributed by atoms with Gasteiger partial charge in [-0.1, -0.05) is 24.6 Å². The lowest BCUT2D eigenvalue weighted by molar-refractivity contribution is -0.121. The summed E-state index contributed by atoms with van der Waals surface area (Å²) in [6.07, 6.45) is 3.65. The Kier molecular flexibility index (Phi) is 4.61. The van der Waals surface area contributed by atoms with Crippen molar-refractivity contribution in [1.82, 2.24) is 24.6 Å². The first kappa shape index (κ1) is 16.2. The molecule has 2 aromatic heterocycles. The van der Waals surface area contributed by atoms with Crippen molar-refractivity contribution >= 4 is 28.5 Å². The lowest BCUT2D eigenvalue weighted by Crippen LogP contribution is -2.32. The number of carbonyl (C=O) groups is 1. The first-order valence-electron chi connectivity index (χ1n) is 7.56. The van der Waals surface area contributed by atoms with E-state index in [1.165, 1.54) is 17.1 Å². The molecule has 0 aliphatic heterocycles. The highest BCUT2D eigenvalue weighted by Gasteiger charge is 2.13. The number of hydrogen-bond acceptors (Lipinski definition) is 4. The molecule has 0 fully saturated rings. The molecule has 1 amide bonds. The third-order valence-corrected chi connectivity index (χ3v) is 3.73. The van der Waals surface area contributed by atoms with E-state index in [0.717, 1.165) is 6.42 Å². The molecule has 0 aliphatic rings. The maximum atomic E-state index is 12.5. The van der Waals surface area contributed by atoms with E-state index in [1.54, 1.807) is 22.9 Å². The second-order valence-electron chi connectivity index (χ2n) is 5.30. The SMILES string of the molecule is CCCNC(=O)Cn1cnc2c(cnn2-c2cccc(Cl)c2)c1=O. The lowest BCUT2D eigenvalue weighted by atomic mass is 10.3. The van der Waals surface area contributed by atoms with Crippen molar-refractivity contribution in [1.29, 1.82) is 0 Å². The number of hydrogen-bond donors (Lipinski definition) is 1. The number of carbonyl (C=O) groups excluding carboxylic acids is 1. The van der Waals surface area contributed by atoms with Crippen LogP contribution in [0.2, 0.25) is 5.02 Å². The fourth-order valence-corrected chi connectivity index (χ4v) is 2.52. The molecule has 1 N–H and O–H groups in total. The Labute approximate surface area is 142 Å². The van der Waals surface area contributed by atoms with E-state index < -0.39 is 0 Å². The average molecular weight is 346 g/mol. The minimum Gasteiger partial charge on any atom is -0.355 e. The van der Waals surface area contributed by atoms with Crippen molar-refractivity contribution in [2.45, 2.75) is 19.9 Å². The van der Waals surface area contributed by atoms with E-state index in [-0.39, 0.29) is 18.0 Å². The summed E-state index contributed by atoms with van der Waals surface area (Å²) in [6.45, 7) is 2.48. The van der Waals surface area contributed by atoms with Crippen molar-refractivity contribution < 1.29 is 4.79 Å². The van der Waals surface area contributed by atoms with Gasteiger partial charge in [-0.25, -0.2) is 9.67 Å². The van der Waals surface area contributed by atoms with Crippen LogP contribution in [0.4, 0.5) is 0 Å². The van der Waals surface area contributed by atoms with E-state index >= 15 is 0 Å². The Morgan fingerprint density at radius 2 is 2.21 bits per heavy atom. The van der Waals surface area contributed by atoms with E-state index in [2.05, 4.69) is 15.4 Å². The number of amides is 1.